The van der Waals surface area contributed by atoms with Crippen LogP contribution in [-0.4, -0.2) is 18.0 Å². The molecular formula is C12H13F3N2. The summed E-state index contributed by atoms with van der Waals surface area (Å²) in [5.41, 5.74) is -0.0834. The largest absolute Gasteiger partial charge is 0.416 e. The molecule has 5 heteroatoms. The van der Waals surface area contributed by atoms with E-state index in [1.165, 1.54) is 6.07 Å². The van der Waals surface area contributed by atoms with E-state index >= 15 is 0 Å². The normalized spacial score (nSPS) is 11.5. The van der Waals surface area contributed by atoms with Crippen LogP contribution in [0.15, 0.2) is 24.3 Å². The Kier molecular flexibility index (Phi) is 4.53. The van der Waals surface area contributed by atoms with Crippen molar-refractivity contribution in [1.29, 1.82) is 5.26 Å². The summed E-state index contributed by atoms with van der Waals surface area (Å²) in [5.74, 6) is 0. The molecular weight excluding hydrogens is 229 g/mol. The molecule has 2 nitrogen and oxygen atoms in total. The standard InChI is InChI=1S/C12H13F3N2/c1-2-17(7-6-16)9-10-4-3-5-11(8-10)12(13,14)15/h3-5,8H,2,7,9H2,1H3. The Bertz CT molecular complexity index is 407. The summed E-state index contributed by atoms with van der Waals surface area (Å²) in [6.07, 6.45) is -4.32. The monoisotopic (exact) mass is 242 g/mol. The summed E-state index contributed by atoms with van der Waals surface area (Å²) in [6, 6.07) is 7.18. The summed E-state index contributed by atoms with van der Waals surface area (Å²) in [6.45, 7) is 3.06. The number of benzene rings is 1. The highest BCUT2D eigenvalue weighted by molar-refractivity contribution is 5.25. The zero-order valence-corrected chi connectivity index (χ0v) is 9.46. The van der Waals surface area contributed by atoms with E-state index < -0.39 is 11.7 Å². The number of hydrogen-bond donors (Lipinski definition) is 0. The van der Waals surface area contributed by atoms with Crippen molar-refractivity contribution in [1.82, 2.24) is 4.90 Å². The van der Waals surface area contributed by atoms with Crippen LogP contribution in [0.1, 0.15) is 18.1 Å². The summed E-state index contributed by atoms with van der Waals surface area (Å²) >= 11 is 0. The topological polar surface area (TPSA) is 27.0 Å². The Balaban J connectivity index is 2.82. The molecule has 0 atom stereocenters. The Labute approximate surface area is 98.3 Å². The van der Waals surface area contributed by atoms with Crippen LogP contribution in [0.25, 0.3) is 0 Å². The van der Waals surface area contributed by atoms with Gasteiger partial charge < -0.3 is 0 Å². The fourth-order valence-electron chi connectivity index (χ4n) is 1.48. The van der Waals surface area contributed by atoms with E-state index in [1.807, 2.05) is 13.0 Å². The Morgan fingerprint density at radius 3 is 2.59 bits per heavy atom. The molecule has 1 aromatic carbocycles. The lowest BCUT2D eigenvalue weighted by atomic mass is 10.1. The van der Waals surface area contributed by atoms with Gasteiger partial charge in [0.1, 0.15) is 0 Å². The van der Waals surface area contributed by atoms with Gasteiger partial charge in [0.15, 0.2) is 0 Å². The van der Waals surface area contributed by atoms with Gasteiger partial charge in [-0.2, -0.15) is 18.4 Å². The smallest absolute Gasteiger partial charge is 0.287 e. The van der Waals surface area contributed by atoms with Crippen molar-refractivity contribution in [2.45, 2.75) is 19.6 Å². The Morgan fingerprint density at radius 1 is 1.35 bits per heavy atom. The molecule has 0 saturated heterocycles. The van der Waals surface area contributed by atoms with Crippen molar-refractivity contribution >= 4 is 0 Å². The van der Waals surface area contributed by atoms with E-state index in [2.05, 4.69) is 0 Å². The lowest BCUT2D eigenvalue weighted by Crippen LogP contribution is -2.23. The fourth-order valence-corrected chi connectivity index (χ4v) is 1.48. The molecule has 0 aromatic heterocycles. The first kappa shape index (κ1) is 13.5. The van der Waals surface area contributed by atoms with Crippen LogP contribution < -0.4 is 0 Å². The molecule has 0 amide bonds. The van der Waals surface area contributed by atoms with Gasteiger partial charge in [-0.25, -0.2) is 0 Å². The van der Waals surface area contributed by atoms with Crippen molar-refractivity contribution in [3.05, 3.63) is 35.4 Å². The second kappa shape index (κ2) is 5.69. The van der Waals surface area contributed by atoms with Gasteiger partial charge in [-0.1, -0.05) is 25.1 Å². The fraction of sp³-hybridized carbons (Fsp3) is 0.417. The highest BCUT2D eigenvalue weighted by Gasteiger charge is 2.30. The molecule has 0 radical (unpaired) electrons. The third-order valence-electron chi connectivity index (χ3n) is 2.40. The highest BCUT2D eigenvalue weighted by Crippen LogP contribution is 2.29. The Morgan fingerprint density at radius 2 is 2.06 bits per heavy atom. The van der Waals surface area contributed by atoms with Gasteiger partial charge in [-0.3, -0.25) is 4.90 Å². The minimum Gasteiger partial charge on any atom is -0.287 e. The van der Waals surface area contributed by atoms with Gasteiger partial charge in [-0.15, -0.1) is 0 Å². The number of alkyl halides is 3. The van der Waals surface area contributed by atoms with Gasteiger partial charge in [0.25, 0.3) is 0 Å². The maximum Gasteiger partial charge on any atom is 0.416 e. The second-order valence-corrected chi connectivity index (χ2v) is 3.66. The second-order valence-electron chi connectivity index (χ2n) is 3.66. The number of halogens is 3. The minimum atomic E-state index is -4.32. The lowest BCUT2D eigenvalue weighted by molar-refractivity contribution is -0.137. The predicted octanol–water partition coefficient (Wildman–Crippen LogP) is 3.05. The quantitative estimate of drug-likeness (QED) is 0.759. The molecule has 0 N–H and O–H groups in total. The molecule has 1 aromatic rings. The number of rotatable bonds is 4. The summed E-state index contributed by atoms with van der Waals surface area (Å²) < 4.78 is 37.4. The maximum atomic E-state index is 12.5. The lowest BCUT2D eigenvalue weighted by Gasteiger charge is -2.17. The maximum absolute atomic E-state index is 12.5. The molecule has 0 aliphatic rings. The number of nitrogens with zero attached hydrogens (tertiary/aromatic N) is 2. The molecule has 0 heterocycles. The average Bonchev–Trinajstić information content (AvgIpc) is 2.28. The zero-order chi connectivity index (χ0) is 12.9. The van der Waals surface area contributed by atoms with Crippen LogP contribution in [0.2, 0.25) is 0 Å². The zero-order valence-electron chi connectivity index (χ0n) is 9.46. The molecule has 0 bridgehead atoms. The van der Waals surface area contributed by atoms with E-state index in [0.29, 0.717) is 18.7 Å². The summed E-state index contributed by atoms with van der Waals surface area (Å²) in [7, 11) is 0. The molecule has 0 fully saturated rings. The molecule has 0 saturated carbocycles. The summed E-state index contributed by atoms with van der Waals surface area (Å²) in [5, 5.41) is 8.56. The van der Waals surface area contributed by atoms with E-state index in [-0.39, 0.29) is 6.54 Å². The van der Waals surface area contributed by atoms with E-state index in [9.17, 15) is 13.2 Å². The molecule has 92 valence electrons. The third kappa shape index (κ3) is 4.08. The summed E-state index contributed by atoms with van der Waals surface area (Å²) in [4.78, 5) is 1.77. The average molecular weight is 242 g/mol. The van der Waals surface area contributed by atoms with Crippen LogP contribution in [0, 0.1) is 11.3 Å². The first-order valence-electron chi connectivity index (χ1n) is 5.22. The molecule has 0 aliphatic heterocycles. The van der Waals surface area contributed by atoms with Gasteiger partial charge in [0.2, 0.25) is 0 Å². The van der Waals surface area contributed by atoms with E-state index in [0.717, 1.165) is 12.1 Å². The first-order chi connectivity index (χ1) is 7.97. The van der Waals surface area contributed by atoms with Crippen LogP contribution in [0.3, 0.4) is 0 Å². The van der Waals surface area contributed by atoms with Gasteiger partial charge in [-0.05, 0) is 18.2 Å². The van der Waals surface area contributed by atoms with Crippen molar-refractivity contribution in [3.63, 3.8) is 0 Å². The Hall–Kier alpha value is -1.54. The van der Waals surface area contributed by atoms with Crippen molar-refractivity contribution < 1.29 is 13.2 Å². The SMILES string of the molecule is CCN(CC#N)Cc1cccc(C(F)(F)F)c1. The molecule has 1 rings (SSSR count). The minimum absolute atomic E-state index is 0.215. The van der Waals surface area contributed by atoms with Crippen LogP contribution in [-0.2, 0) is 12.7 Å². The third-order valence-corrected chi connectivity index (χ3v) is 2.40. The highest BCUT2D eigenvalue weighted by atomic mass is 19.4. The molecule has 0 unspecified atom stereocenters. The molecule has 0 aliphatic carbocycles. The van der Waals surface area contributed by atoms with Crippen molar-refractivity contribution in [2.75, 3.05) is 13.1 Å². The van der Waals surface area contributed by atoms with Crippen LogP contribution in [0.4, 0.5) is 13.2 Å². The van der Waals surface area contributed by atoms with Crippen LogP contribution in [0.5, 0.6) is 0 Å². The van der Waals surface area contributed by atoms with E-state index in [1.54, 1.807) is 11.0 Å². The van der Waals surface area contributed by atoms with Gasteiger partial charge in [0, 0.05) is 6.54 Å². The van der Waals surface area contributed by atoms with Crippen LogP contribution >= 0.6 is 0 Å². The molecule has 17 heavy (non-hydrogen) atoms. The van der Waals surface area contributed by atoms with Gasteiger partial charge >= 0.3 is 6.18 Å². The van der Waals surface area contributed by atoms with E-state index in [4.69, 9.17) is 5.26 Å². The number of nitriles is 1. The van der Waals surface area contributed by atoms with Gasteiger partial charge in [0.05, 0.1) is 18.2 Å². The predicted molar refractivity (Wildman–Crippen MR) is 58.0 cm³/mol. The van der Waals surface area contributed by atoms with Crippen molar-refractivity contribution in [3.8, 4) is 6.07 Å². The molecule has 0 spiro atoms. The number of hydrogen-bond acceptors (Lipinski definition) is 2. The first-order valence-corrected chi connectivity index (χ1v) is 5.22. The van der Waals surface area contributed by atoms with Crippen molar-refractivity contribution in [2.24, 2.45) is 0 Å².